The van der Waals surface area contributed by atoms with Gasteiger partial charge in [0.1, 0.15) is 11.4 Å². The third-order valence-corrected chi connectivity index (χ3v) is 4.19. The number of hydrogen-bond acceptors (Lipinski definition) is 3. The van der Waals surface area contributed by atoms with Crippen LogP contribution in [0.3, 0.4) is 0 Å². The Hall–Kier alpha value is -2.04. The molecule has 1 amide bonds. The fraction of sp³-hybridized carbons (Fsp3) is 0.176. The van der Waals surface area contributed by atoms with E-state index in [9.17, 15) is 4.79 Å². The molecule has 0 fully saturated rings. The summed E-state index contributed by atoms with van der Waals surface area (Å²) in [5, 5.41) is 3.08. The number of amides is 1. The quantitative estimate of drug-likeness (QED) is 0.681. The number of carbonyl (C=O) groups excluding carboxylic acids is 1. The highest BCUT2D eigenvalue weighted by Crippen LogP contribution is 2.31. The molecule has 0 bridgehead atoms. The summed E-state index contributed by atoms with van der Waals surface area (Å²) in [6, 6.07) is 9.16. The standard InChI is InChI=1S/C17H14Cl2N2O2/c1-9-5-14-15(6-10(9)2)23-17(21-14)11-3-4-12(19)13(7-11)20-16(22)8-18/h3-7H,8H2,1-2H3,(H,20,22). The summed E-state index contributed by atoms with van der Waals surface area (Å²) >= 11 is 11.6. The van der Waals surface area contributed by atoms with Crippen LogP contribution in [0.2, 0.25) is 5.02 Å². The Morgan fingerprint density at radius 3 is 2.70 bits per heavy atom. The number of carbonyl (C=O) groups is 1. The van der Waals surface area contributed by atoms with Crippen LogP contribution >= 0.6 is 23.2 Å². The average molecular weight is 349 g/mol. The van der Waals surface area contributed by atoms with Crippen molar-refractivity contribution < 1.29 is 9.21 Å². The summed E-state index contributed by atoms with van der Waals surface area (Å²) in [6.07, 6.45) is 0. The molecule has 0 unspecified atom stereocenters. The van der Waals surface area contributed by atoms with E-state index in [1.165, 1.54) is 0 Å². The normalized spacial score (nSPS) is 11.0. The van der Waals surface area contributed by atoms with E-state index in [1.807, 2.05) is 26.0 Å². The summed E-state index contributed by atoms with van der Waals surface area (Å²) in [5.41, 5.74) is 5.03. The second kappa shape index (κ2) is 6.22. The van der Waals surface area contributed by atoms with E-state index in [0.29, 0.717) is 16.6 Å². The molecule has 0 atom stereocenters. The van der Waals surface area contributed by atoms with Crippen LogP contribution in [0.1, 0.15) is 11.1 Å². The number of oxazole rings is 1. The fourth-order valence-electron chi connectivity index (χ4n) is 2.24. The van der Waals surface area contributed by atoms with Crippen LogP contribution in [0.25, 0.3) is 22.6 Å². The second-order valence-corrected chi connectivity index (χ2v) is 5.97. The Bertz CT molecular complexity index is 864. The number of halogens is 2. The molecule has 0 saturated carbocycles. The Balaban J connectivity index is 2.04. The van der Waals surface area contributed by atoms with Gasteiger partial charge in [0, 0.05) is 5.56 Å². The van der Waals surface area contributed by atoms with E-state index < -0.39 is 0 Å². The molecule has 1 N–H and O–H groups in total. The molecular formula is C17H14Cl2N2O2. The number of rotatable bonds is 3. The van der Waals surface area contributed by atoms with Crippen molar-refractivity contribution in [2.75, 3.05) is 11.2 Å². The van der Waals surface area contributed by atoms with E-state index in [-0.39, 0.29) is 11.8 Å². The van der Waals surface area contributed by atoms with Gasteiger partial charge in [0.25, 0.3) is 0 Å². The molecule has 6 heteroatoms. The van der Waals surface area contributed by atoms with E-state index in [4.69, 9.17) is 27.6 Å². The van der Waals surface area contributed by atoms with Crippen molar-refractivity contribution in [2.24, 2.45) is 0 Å². The lowest BCUT2D eigenvalue weighted by Gasteiger charge is -2.06. The predicted octanol–water partition coefficient (Wildman–Crippen LogP) is 4.94. The van der Waals surface area contributed by atoms with Crippen LogP contribution in [0.4, 0.5) is 5.69 Å². The topological polar surface area (TPSA) is 55.1 Å². The molecular weight excluding hydrogens is 335 g/mol. The van der Waals surface area contributed by atoms with Crippen LogP contribution in [0.15, 0.2) is 34.7 Å². The molecule has 118 valence electrons. The Kier molecular flexibility index (Phi) is 4.28. The minimum absolute atomic E-state index is 0.137. The van der Waals surface area contributed by atoms with Gasteiger partial charge in [0.15, 0.2) is 5.58 Å². The smallest absolute Gasteiger partial charge is 0.239 e. The number of aromatic nitrogens is 1. The molecule has 4 nitrogen and oxygen atoms in total. The molecule has 0 aliphatic heterocycles. The highest BCUT2D eigenvalue weighted by atomic mass is 35.5. The van der Waals surface area contributed by atoms with Gasteiger partial charge in [-0.1, -0.05) is 11.6 Å². The van der Waals surface area contributed by atoms with Crippen molar-refractivity contribution in [1.82, 2.24) is 4.98 Å². The molecule has 23 heavy (non-hydrogen) atoms. The number of hydrogen-bond donors (Lipinski definition) is 1. The van der Waals surface area contributed by atoms with E-state index in [0.717, 1.165) is 27.8 Å². The van der Waals surface area contributed by atoms with Gasteiger partial charge in [0.2, 0.25) is 11.8 Å². The van der Waals surface area contributed by atoms with Crippen molar-refractivity contribution in [3.05, 3.63) is 46.5 Å². The molecule has 1 heterocycles. The van der Waals surface area contributed by atoms with Gasteiger partial charge in [-0.3, -0.25) is 4.79 Å². The van der Waals surface area contributed by atoms with E-state index in [1.54, 1.807) is 18.2 Å². The summed E-state index contributed by atoms with van der Waals surface area (Å²) in [6.45, 7) is 4.06. The Labute approximate surface area is 143 Å². The molecule has 3 rings (SSSR count). The number of nitrogens with one attached hydrogen (secondary N) is 1. The number of anilines is 1. The number of aryl methyl sites for hydroxylation is 2. The SMILES string of the molecule is Cc1cc2nc(-c3ccc(Cl)c(NC(=O)CCl)c3)oc2cc1C. The number of fused-ring (bicyclic) bond motifs is 1. The zero-order valence-corrected chi connectivity index (χ0v) is 14.1. The lowest BCUT2D eigenvalue weighted by Crippen LogP contribution is -2.12. The summed E-state index contributed by atoms with van der Waals surface area (Å²) < 4.78 is 5.82. The maximum absolute atomic E-state index is 11.5. The fourth-order valence-corrected chi connectivity index (χ4v) is 2.47. The van der Waals surface area contributed by atoms with Gasteiger partial charge in [-0.2, -0.15) is 0 Å². The second-order valence-electron chi connectivity index (χ2n) is 5.30. The first-order valence-corrected chi connectivity index (χ1v) is 7.92. The first kappa shape index (κ1) is 15.8. The third-order valence-electron chi connectivity index (χ3n) is 3.61. The number of nitrogens with zero attached hydrogens (tertiary/aromatic N) is 1. The van der Waals surface area contributed by atoms with Gasteiger partial charge < -0.3 is 9.73 Å². The molecule has 2 aromatic carbocycles. The monoisotopic (exact) mass is 348 g/mol. The molecule has 0 radical (unpaired) electrons. The molecule has 0 aliphatic carbocycles. The van der Waals surface area contributed by atoms with Crippen molar-refractivity contribution in [1.29, 1.82) is 0 Å². The van der Waals surface area contributed by atoms with Crippen molar-refractivity contribution in [2.45, 2.75) is 13.8 Å². The summed E-state index contributed by atoms with van der Waals surface area (Å²) in [4.78, 5) is 16.0. The van der Waals surface area contributed by atoms with Crippen LogP contribution in [-0.2, 0) is 4.79 Å². The zero-order valence-electron chi connectivity index (χ0n) is 12.6. The predicted molar refractivity (Wildman–Crippen MR) is 93.3 cm³/mol. The van der Waals surface area contributed by atoms with E-state index in [2.05, 4.69) is 10.3 Å². The maximum Gasteiger partial charge on any atom is 0.239 e. The van der Waals surface area contributed by atoms with Crippen molar-refractivity contribution in [3.63, 3.8) is 0 Å². The van der Waals surface area contributed by atoms with Gasteiger partial charge in [0.05, 0.1) is 10.7 Å². The molecule has 1 aromatic heterocycles. The minimum atomic E-state index is -0.325. The molecule has 3 aromatic rings. The van der Waals surface area contributed by atoms with Gasteiger partial charge >= 0.3 is 0 Å². The average Bonchev–Trinajstić information content (AvgIpc) is 2.92. The zero-order chi connectivity index (χ0) is 16.6. The lowest BCUT2D eigenvalue weighted by atomic mass is 10.1. The lowest BCUT2D eigenvalue weighted by molar-refractivity contribution is -0.113. The number of alkyl halides is 1. The van der Waals surface area contributed by atoms with Crippen LogP contribution in [0.5, 0.6) is 0 Å². The van der Waals surface area contributed by atoms with Crippen LogP contribution in [0, 0.1) is 13.8 Å². The Morgan fingerprint density at radius 2 is 1.96 bits per heavy atom. The highest BCUT2D eigenvalue weighted by molar-refractivity contribution is 6.34. The van der Waals surface area contributed by atoms with Gasteiger partial charge in [-0.05, 0) is 55.3 Å². The van der Waals surface area contributed by atoms with Crippen LogP contribution < -0.4 is 5.32 Å². The number of benzene rings is 2. The van der Waals surface area contributed by atoms with Crippen LogP contribution in [-0.4, -0.2) is 16.8 Å². The van der Waals surface area contributed by atoms with E-state index >= 15 is 0 Å². The third kappa shape index (κ3) is 3.19. The maximum atomic E-state index is 11.5. The molecule has 0 saturated heterocycles. The highest BCUT2D eigenvalue weighted by Gasteiger charge is 2.12. The summed E-state index contributed by atoms with van der Waals surface area (Å²) in [5.74, 6) is 0.0136. The Morgan fingerprint density at radius 1 is 1.22 bits per heavy atom. The van der Waals surface area contributed by atoms with Crippen molar-refractivity contribution >= 4 is 45.9 Å². The first-order chi connectivity index (χ1) is 11.0. The van der Waals surface area contributed by atoms with Gasteiger partial charge in [-0.25, -0.2) is 4.98 Å². The molecule has 0 aliphatic rings. The largest absolute Gasteiger partial charge is 0.436 e. The van der Waals surface area contributed by atoms with Gasteiger partial charge in [-0.15, -0.1) is 11.6 Å². The summed E-state index contributed by atoms with van der Waals surface area (Å²) in [7, 11) is 0. The molecule has 0 spiro atoms. The van der Waals surface area contributed by atoms with Crippen molar-refractivity contribution in [3.8, 4) is 11.5 Å². The first-order valence-electron chi connectivity index (χ1n) is 7.01. The minimum Gasteiger partial charge on any atom is -0.436 e.